The smallest absolute Gasteiger partial charge is 0.0710 e. The molecule has 3 aliphatic rings. The van der Waals surface area contributed by atoms with Gasteiger partial charge in [0, 0.05) is 22.2 Å². The molecule has 1 unspecified atom stereocenters. The summed E-state index contributed by atoms with van der Waals surface area (Å²) in [6, 6.07) is 44.9. The predicted molar refractivity (Wildman–Crippen MR) is 204 cm³/mol. The number of rotatable bonds is 5. The second kappa shape index (κ2) is 13.2. The third-order valence-corrected chi connectivity index (χ3v) is 10.7. The van der Waals surface area contributed by atoms with Crippen molar-refractivity contribution in [3.63, 3.8) is 0 Å². The van der Waals surface area contributed by atoms with Crippen LogP contribution in [0.5, 0.6) is 0 Å². The second-order valence-corrected chi connectivity index (χ2v) is 14.4. The fraction of sp³-hybridized carbons (Fsp3) is 0.244. The number of nitrogens with zero attached hydrogens (tertiary/aromatic N) is 2. The van der Waals surface area contributed by atoms with Crippen molar-refractivity contribution in [2.75, 3.05) is 16.9 Å². The zero-order valence-corrected chi connectivity index (χ0v) is 29.2. The molecule has 0 radical (unpaired) electrons. The van der Waals surface area contributed by atoms with Crippen molar-refractivity contribution >= 4 is 28.4 Å². The molecule has 4 heteroatoms. The molecule has 0 fully saturated rings. The van der Waals surface area contributed by atoms with Crippen molar-refractivity contribution in [2.45, 2.75) is 57.8 Å². The van der Waals surface area contributed by atoms with Crippen molar-refractivity contribution in [3.05, 3.63) is 173 Å². The van der Waals surface area contributed by atoms with E-state index in [2.05, 4.69) is 182 Å². The van der Waals surface area contributed by atoms with Gasteiger partial charge >= 0.3 is 0 Å². The Morgan fingerprint density at radius 2 is 1.02 bits per heavy atom. The Morgan fingerprint density at radius 3 is 1.47 bits per heavy atom. The van der Waals surface area contributed by atoms with E-state index in [-0.39, 0.29) is 10.8 Å². The summed E-state index contributed by atoms with van der Waals surface area (Å²) >= 11 is 0. The highest BCUT2D eigenvalue weighted by Gasteiger charge is 2.38. The van der Waals surface area contributed by atoms with E-state index >= 15 is 0 Å². The minimum absolute atomic E-state index is 0.0389. The van der Waals surface area contributed by atoms with E-state index < -0.39 is 0 Å². The summed E-state index contributed by atoms with van der Waals surface area (Å²) < 4.78 is 0. The molecule has 5 aromatic rings. The number of para-hydroxylation sites is 4. The Kier molecular flexibility index (Phi) is 8.79. The van der Waals surface area contributed by atoms with Crippen LogP contribution in [-0.2, 0) is 22.1 Å². The van der Waals surface area contributed by atoms with Gasteiger partial charge in [-0.3, -0.25) is 5.26 Å². The van der Waals surface area contributed by atoms with Gasteiger partial charge in [-0.1, -0.05) is 125 Å². The molecule has 248 valence electrons. The van der Waals surface area contributed by atoms with Gasteiger partial charge in [0.2, 0.25) is 0 Å². The lowest BCUT2D eigenvalue weighted by Crippen LogP contribution is -2.32. The van der Waals surface area contributed by atoms with E-state index in [0.29, 0.717) is 5.92 Å². The number of fused-ring (bicyclic) bond motifs is 4. The van der Waals surface area contributed by atoms with E-state index in [1.54, 1.807) is 0 Å². The van der Waals surface area contributed by atoms with Crippen LogP contribution in [0.3, 0.4) is 0 Å². The van der Waals surface area contributed by atoms with Gasteiger partial charge < -0.3 is 9.80 Å². The fourth-order valence-corrected chi connectivity index (χ4v) is 8.14. The van der Waals surface area contributed by atoms with Gasteiger partial charge in [0.25, 0.3) is 0 Å². The maximum absolute atomic E-state index is 7.07. The van der Waals surface area contributed by atoms with Gasteiger partial charge in [-0.15, -0.1) is 0 Å². The van der Waals surface area contributed by atoms with Crippen LogP contribution in [0.15, 0.2) is 145 Å². The molecule has 1 N–H and O–H groups in total. The molecule has 8 rings (SSSR count). The SMILES string of the molecule is CC1(C)c2ccccc2N(C2=CC(CCc3ccc(N4c5ccccc5C(C)(C)c5ccccc54)cc3)CC=C2)c2ccccc21.COO. The van der Waals surface area contributed by atoms with Crippen LogP contribution in [0, 0.1) is 5.92 Å². The van der Waals surface area contributed by atoms with Gasteiger partial charge in [-0.05, 0) is 95.5 Å². The molecule has 2 heterocycles. The lowest BCUT2D eigenvalue weighted by molar-refractivity contribution is -0.214. The molecule has 0 aromatic heterocycles. The first-order valence-corrected chi connectivity index (χ1v) is 17.4. The highest BCUT2D eigenvalue weighted by atomic mass is 17.1. The van der Waals surface area contributed by atoms with E-state index in [0.717, 1.165) is 19.3 Å². The molecule has 0 spiro atoms. The minimum Gasteiger partial charge on any atom is -0.310 e. The first-order valence-electron chi connectivity index (χ1n) is 17.4. The molecule has 0 saturated heterocycles. The van der Waals surface area contributed by atoms with E-state index in [1.165, 1.54) is 69.1 Å². The Hall–Kier alpha value is -4.90. The van der Waals surface area contributed by atoms with Crippen molar-refractivity contribution in [3.8, 4) is 0 Å². The number of hydrogen-bond acceptors (Lipinski definition) is 4. The zero-order chi connectivity index (χ0) is 34.2. The predicted octanol–water partition coefficient (Wildman–Crippen LogP) is 11.8. The van der Waals surface area contributed by atoms with Crippen LogP contribution in [0.25, 0.3) is 0 Å². The van der Waals surface area contributed by atoms with E-state index in [9.17, 15) is 0 Å². The summed E-state index contributed by atoms with van der Waals surface area (Å²) in [5.74, 6) is 0.497. The van der Waals surface area contributed by atoms with Gasteiger partial charge in [0.15, 0.2) is 0 Å². The molecule has 0 amide bonds. The van der Waals surface area contributed by atoms with Gasteiger partial charge in [-0.2, -0.15) is 0 Å². The van der Waals surface area contributed by atoms with Crippen LogP contribution in [-0.4, -0.2) is 12.4 Å². The summed E-state index contributed by atoms with van der Waals surface area (Å²) in [4.78, 5) is 8.18. The number of hydrogen-bond donors (Lipinski definition) is 1. The van der Waals surface area contributed by atoms with Crippen LogP contribution < -0.4 is 9.80 Å². The summed E-state index contributed by atoms with van der Waals surface area (Å²) in [6.07, 6.45) is 10.5. The second-order valence-electron chi connectivity index (χ2n) is 14.4. The summed E-state index contributed by atoms with van der Waals surface area (Å²) in [6.45, 7) is 9.39. The average Bonchev–Trinajstić information content (AvgIpc) is 3.12. The maximum Gasteiger partial charge on any atom is 0.0710 e. The number of allylic oxidation sites excluding steroid dienone is 3. The Labute approximate surface area is 291 Å². The quantitative estimate of drug-likeness (QED) is 0.152. The van der Waals surface area contributed by atoms with Crippen LogP contribution in [0.2, 0.25) is 0 Å². The largest absolute Gasteiger partial charge is 0.310 e. The lowest BCUT2D eigenvalue weighted by atomic mass is 9.73. The van der Waals surface area contributed by atoms with Crippen LogP contribution in [0.4, 0.5) is 28.4 Å². The molecular weight excluding hydrogens is 601 g/mol. The highest BCUT2D eigenvalue weighted by Crippen LogP contribution is 2.52. The Balaban J connectivity index is 0.00000122. The normalized spacial score (nSPS) is 17.8. The topological polar surface area (TPSA) is 35.9 Å². The number of benzene rings is 5. The molecule has 5 aromatic carbocycles. The summed E-state index contributed by atoms with van der Waals surface area (Å²) in [5, 5.41) is 7.07. The van der Waals surface area contributed by atoms with E-state index in [1.807, 2.05) is 0 Å². The van der Waals surface area contributed by atoms with Crippen molar-refractivity contribution < 1.29 is 10.1 Å². The third-order valence-electron chi connectivity index (χ3n) is 10.7. The standard InChI is InChI=1S/C44H42N2.CH4O2/c1-43(2)35-16-5-9-20-39(35)45(40-21-10-6-17-36(40)43)33-28-26-31(27-29-33)24-25-32-14-13-15-34(30-32)46-41-22-11-7-18-37(41)44(3,4)38-19-8-12-23-42(38)46;1-3-2/h5-13,15-23,26-30,32H,14,24-25H2,1-4H3;2H,1H3. The maximum atomic E-state index is 7.07. The van der Waals surface area contributed by atoms with Crippen molar-refractivity contribution in [1.29, 1.82) is 0 Å². The highest BCUT2D eigenvalue weighted by molar-refractivity contribution is 5.86. The Morgan fingerprint density at radius 1 is 0.612 bits per heavy atom. The van der Waals surface area contributed by atoms with E-state index in [4.69, 9.17) is 5.26 Å². The van der Waals surface area contributed by atoms with Gasteiger partial charge in [0.05, 0.1) is 29.9 Å². The zero-order valence-electron chi connectivity index (χ0n) is 29.2. The lowest BCUT2D eigenvalue weighted by Gasteiger charge is -2.43. The van der Waals surface area contributed by atoms with Gasteiger partial charge in [-0.25, -0.2) is 4.89 Å². The summed E-state index contributed by atoms with van der Waals surface area (Å²) in [5.41, 5.74) is 14.4. The first-order chi connectivity index (χ1) is 23.8. The molecule has 49 heavy (non-hydrogen) atoms. The fourth-order valence-electron chi connectivity index (χ4n) is 8.14. The molecule has 0 saturated carbocycles. The molecular formula is C45H46N2O2. The van der Waals surface area contributed by atoms with Crippen LogP contribution in [0.1, 0.15) is 68.4 Å². The molecule has 1 aliphatic carbocycles. The number of anilines is 5. The summed E-state index contributed by atoms with van der Waals surface area (Å²) in [7, 11) is 1.18. The Bertz CT molecular complexity index is 1920. The number of aryl methyl sites for hydroxylation is 1. The molecule has 1 atom stereocenters. The van der Waals surface area contributed by atoms with Crippen molar-refractivity contribution in [1.82, 2.24) is 0 Å². The monoisotopic (exact) mass is 646 g/mol. The molecule has 2 aliphatic heterocycles. The molecule has 4 nitrogen and oxygen atoms in total. The van der Waals surface area contributed by atoms with Crippen LogP contribution >= 0.6 is 0 Å². The molecule has 0 bridgehead atoms. The van der Waals surface area contributed by atoms with Crippen molar-refractivity contribution in [2.24, 2.45) is 5.92 Å². The third kappa shape index (κ3) is 5.79. The minimum atomic E-state index is -0.0427. The average molecular weight is 647 g/mol. The first kappa shape index (κ1) is 32.6. The van der Waals surface area contributed by atoms with Gasteiger partial charge in [0.1, 0.15) is 0 Å².